The zero-order valence-corrected chi connectivity index (χ0v) is 34.0. The summed E-state index contributed by atoms with van der Waals surface area (Å²) in [5.41, 5.74) is 0. The molecule has 2 unspecified atom stereocenters. The molecule has 0 aliphatic heterocycles. The molecule has 49 heavy (non-hydrogen) atoms. The van der Waals surface area contributed by atoms with Crippen molar-refractivity contribution < 1.29 is 19.1 Å². The molecule has 2 atom stereocenters. The monoisotopic (exact) mass is 694 g/mol. The summed E-state index contributed by atoms with van der Waals surface area (Å²) in [6, 6.07) is 0. The fourth-order valence-corrected chi connectivity index (χ4v) is 6.98. The van der Waals surface area contributed by atoms with Gasteiger partial charge in [-0.1, -0.05) is 175 Å². The van der Waals surface area contributed by atoms with Crippen molar-refractivity contribution in [2.75, 3.05) is 27.2 Å². The predicted octanol–water partition coefficient (Wildman–Crippen LogP) is 13.6. The highest BCUT2D eigenvalue weighted by atomic mass is 16.5. The minimum absolute atomic E-state index is 0.0136. The molecule has 0 rings (SSSR count). The zero-order valence-electron chi connectivity index (χ0n) is 34.0. The van der Waals surface area contributed by atoms with Crippen molar-refractivity contribution in [1.29, 1.82) is 0 Å². The third-order valence-electron chi connectivity index (χ3n) is 10.3. The largest absolute Gasteiger partial charge is 0.466 e. The van der Waals surface area contributed by atoms with Crippen molar-refractivity contribution in [3.05, 3.63) is 0 Å². The van der Waals surface area contributed by atoms with E-state index in [-0.39, 0.29) is 18.0 Å². The fourth-order valence-electron chi connectivity index (χ4n) is 6.98. The number of nitrogens with zero attached hydrogens (tertiary/aromatic N) is 1. The van der Waals surface area contributed by atoms with Crippen LogP contribution >= 0.6 is 0 Å². The number of hydrogen-bond donors (Lipinski definition) is 0. The average molecular weight is 694 g/mol. The Morgan fingerprint density at radius 1 is 0.490 bits per heavy atom. The van der Waals surface area contributed by atoms with Crippen LogP contribution in [-0.2, 0) is 19.1 Å². The van der Waals surface area contributed by atoms with Crippen molar-refractivity contribution in [2.24, 2.45) is 5.92 Å². The molecule has 0 saturated carbocycles. The predicted molar refractivity (Wildman–Crippen MR) is 212 cm³/mol. The van der Waals surface area contributed by atoms with E-state index < -0.39 is 0 Å². The topological polar surface area (TPSA) is 55.8 Å². The molecule has 0 aliphatic carbocycles. The average Bonchev–Trinajstić information content (AvgIpc) is 3.08. The van der Waals surface area contributed by atoms with E-state index in [0.717, 1.165) is 64.3 Å². The summed E-state index contributed by atoms with van der Waals surface area (Å²) < 4.78 is 11.5. The van der Waals surface area contributed by atoms with Crippen LogP contribution < -0.4 is 0 Å². The molecule has 0 aromatic carbocycles. The first-order valence-corrected chi connectivity index (χ1v) is 21.9. The molecule has 0 spiro atoms. The summed E-state index contributed by atoms with van der Waals surface area (Å²) in [6.45, 7) is 8.17. The summed E-state index contributed by atoms with van der Waals surface area (Å²) in [5.74, 6) is 0.395. The van der Waals surface area contributed by atoms with E-state index >= 15 is 0 Å². The number of rotatable bonds is 39. The lowest BCUT2D eigenvalue weighted by molar-refractivity contribution is -0.149. The number of ether oxygens (including phenoxy) is 2. The van der Waals surface area contributed by atoms with Gasteiger partial charge in [0.25, 0.3) is 0 Å². The molecule has 0 aromatic heterocycles. The highest BCUT2D eigenvalue weighted by Crippen LogP contribution is 2.23. The van der Waals surface area contributed by atoms with E-state index in [1.165, 1.54) is 141 Å². The van der Waals surface area contributed by atoms with E-state index in [0.29, 0.717) is 25.4 Å². The van der Waals surface area contributed by atoms with Crippen molar-refractivity contribution in [3.63, 3.8) is 0 Å². The molecule has 0 saturated heterocycles. The second-order valence-corrected chi connectivity index (χ2v) is 15.6. The smallest absolute Gasteiger partial charge is 0.306 e. The maximum atomic E-state index is 12.8. The Balaban J connectivity index is 4.06. The summed E-state index contributed by atoms with van der Waals surface area (Å²) in [4.78, 5) is 27.1. The summed E-state index contributed by atoms with van der Waals surface area (Å²) in [7, 11) is 4.06. The third-order valence-corrected chi connectivity index (χ3v) is 10.3. The van der Waals surface area contributed by atoms with Gasteiger partial charge in [0.2, 0.25) is 0 Å². The number of carbonyl (C=O) groups is 2. The van der Waals surface area contributed by atoms with Gasteiger partial charge in [-0.25, -0.2) is 0 Å². The molecule has 0 amide bonds. The summed E-state index contributed by atoms with van der Waals surface area (Å²) in [6.07, 6.45) is 40.3. The highest BCUT2D eigenvalue weighted by molar-refractivity contribution is 5.69. The molecule has 0 bridgehead atoms. The quantitative estimate of drug-likeness (QED) is 0.0474. The maximum Gasteiger partial charge on any atom is 0.306 e. The van der Waals surface area contributed by atoms with Crippen molar-refractivity contribution in [3.8, 4) is 0 Å². The molecule has 0 heterocycles. The Bertz CT molecular complexity index is 696. The SMILES string of the molecule is CCCCCCCCCCCCCCCCCCCOC(=O)CC(CCCCCCCC)CCCCCC(CC)OC(=O)CCCN(C)C. The van der Waals surface area contributed by atoms with Crippen LogP contribution in [-0.4, -0.2) is 50.2 Å². The molecule has 5 nitrogen and oxygen atoms in total. The van der Waals surface area contributed by atoms with E-state index in [2.05, 4.69) is 25.7 Å². The Hall–Kier alpha value is -1.10. The molecule has 5 heteroatoms. The Morgan fingerprint density at radius 2 is 0.898 bits per heavy atom. The van der Waals surface area contributed by atoms with Crippen LogP contribution in [0.25, 0.3) is 0 Å². The lowest BCUT2D eigenvalue weighted by Crippen LogP contribution is -2.19. The van der Waals surface area contributed by atoms with Crippen molar-refractivity contribution >= 4 is 11.9 Å². The molecule has 292 valence electrons. The lowest BCUT2D eigenvalue weighted by Gasteiger charge is -2.18. The maximum absolute atomic E-state index is 12.8. The van der Waals surface area contributed by atoms with Gasteiger partial charge in [0.15, 0.2) is 0 Å². The van der Waals surface area contributed by atoms with E-state index in [9.17, 15) is 9.59 Å². The van der Waals surface area contributed by atoms with Crippen LogP contribution in [0, 0.1) is 5.92 Å². The molecule has 0 aromatic rings. The number of hydrogen-bond acceptors (Lipinski definition) is 5. The minimum Gasteiger partial charge on any atom is -0.466 e. The second-order valence-electron chi connectivity index (χ2n) is 15.6. The van der Waals surface area contributed by atoms with Gasteiger partial charge < -0.3 is 14.4 Å². The zero-order chi connectivity index (χ0) is 36.0. The second kappa shape index (κ2) is 38.1. The molecule has 0 radical (unpaired) electrons. The minimum atomic E-state index is -0.0546. The molecule has 0 fully saturated rings. The molecular weight excluding hydrogens is 606 g/mol. The van der Waals surface area contributed by atoms with Crippen LogP contribution in [0.15, 0.2) is 0 Å². The Labute approximate surface area is 307 Å². The molecular formula is C44H87NO4. The lowest BCUT2D eigenvalue weighted by atomic mass is 9.91. The fraction of sp³-hybridized carbons (Fsp3) is 0.955. The van der Waals surface area contributed by atoms with Crippen LogP contribution in [0.2, 0.25) is 0 Å². The third kappa shape index (κ3) is 36.5. The van der Waals surface area contributed by atoms with Gasteiger partial charge in [0, 0.05) is 12.8 Å². The summed E-state index contributed by atoms with van der Waals surface area (Å²) in [5, 5.41) is 0. The van der Waals surface area contributed by atoms with E-state index in [4.69, 9.17) is 9.47 Å². The first-order valence-electron chi connectivity index (χ1n) is 21.9. The van der Waals surface area contributed by atoms with Gasteiger partial charge in [-0.3, -0.25) is 9.59 Å². The van der Waals surface area contributed by atoms with E-state index in [1.54, 1.807) is 0 Å². The standard InChI is InChI=1S/C44H87NO4/c1-6-9-11-13-15-16-17-18-19-20-21-22-23-24-25-27-32-39-48-44(47)40-41(34-29-26-14-12-10-7-2)35-30-28-31-36-42(8-3)49-43(46)37-33-38-45(4)5/h41-42H,6-40H2,1-5H3. The number of unbranched alkanes of at least 4 members (excludes halogenated alkanes) is 23. The van der Waals surface area contributed by atoms with Gasteiger partial charge in [-0.2, -0.15) is 0 Å². The van der Waals surface area contributed by atoms with Gasteiger partial charge in [0.05, 0.1) is 6.61 Å². The van der Waals surface area contributed by atoms with Crippen LogP contribution in [0.3, 0.4) is 0 Å². The van der Waals surface area contributed by atoms with Gasteiger partial charge in [-0.15, -0.1) is 0 Å². The van der Waals surface area contributed by atoms with Gasteiger partial charge in [-0.05, 0) is 71.5 Å². The van der Waals surface area contributed by atoms with Crippen LogP contribution in [0.5, 0.6) is 0 Å². The normalized spacial score (nSPS) is 12.8. The summed E-state index contributed by atoms with van der Waals surface area (Å²) >= 11 is 0. The number of carbonyl (C=O) groups excluding carboxylic acids is 2. The molecule has 0 N–H and O–H groups in total. The van der Waals surface area contributed by atoms with Crippen LogP contribution in [0.1, 0.15) is 233 Å². The van der Waals surface area contributed by atoms with Crippen LogP contribution in [0.4, 0.5) is 0 Å². The highest BCUT2D eigenvalue weighted by Gasteiger charge is 2.16. The van der Waals surface area contributed by atoms with Crippen molar-refractivity contribution in [1.82, 2.24) is 4.90 Å². The Kier molecular flexibility index (Phi) is 37.3. The van der Waals surface area contributed by atoms with E-state index in [1.807, 2.05) is 14.1 Å². The number of esters is 2. The van der Waals surface area contributed by atoms with Crippen molar-refractivity contribution in [2.45, 2.75) is 239 Å². The first-order chi connectivity index (χ1) is 23.9. The Morgan fingerprint density at radius 3 is 1.35 bits per heavy atom. The van der Waals surface area contributed by atoms with Gasteiger partial charge >= 0.3 is 11.9 Å². The molecule has 0 aliphatic rings. The first kappa shape index (κ1) is 47.9. The van der Waals surface area contributed by atoms with Gasteiger partial charge in [0.1, 0.15) is 6.10 Å².